The normalized spacial score (nSPS) is 10.5. The fourth-order valence-electron chi connectivity index (χ4n) is 2.38. The molecule has 3 N–H and O–H groups in total. The zero-order valence-electron chi connectivity index (χ0n) is 16.4. The lowest BCUT2D eigenvalue weighted by Gasteiger charge is -2.25. The van der Waals surface area contributed by atoms with Gasteiger partial charge in [-0.15, -0.1) is 0 Å². The second kappa shape index (κ2) is 11.8. The van der Waals surface area contributed by atoms with Gasteiger partial charge in [-0.1, -0.05) is 31.9 Å². The van der Waals surface area contributed by atoms with Gasteiger partial charge in [0.05, 0.1) is 0 Å². The quantitative estimate of drug-likeness (QED) is 0.476. The highest BCUT2D eigenvalue weighted by atomic mass is 79.9. The summed E-state index contributed by atoms with van der Waals surface area (Å²) in [4.78, 5) is 28.4. The van der Waals surface area contributed by atoms with E-state index in [2.05, 4.69) is 47.8 Å². The third-order valence-corrected chi connectivity index (χ3v) is 5.03. The molecule has 0 radical (unpaired) electrons. The minimum absolute atomic E-state index is 0.204. The van der Waals surface area contributed by atoms with E-state index in [1.807, 2.05) is 55.4 Å². The van der Waals surface area contributed by atoms with Crippen LogP contribution in [0.4, 0.5) is 21.0 Å². The Hall–Kier alpha value is -2.10. The minimum Gasteiger partial charge on any atom is -0.336 e. The average Bonchev–Trinajstić information content (AvgIpc) is 2.68. The topological polar surface area (TPSA) is 76.7 Å². The number of nitrogens with zero attached hydrogens (tertiary/aromatic N) is 2. The fourth-order valence-corrected chi connectivity index (χ4v) is 2.91. The Bertz CT molecular complexity index is 798. The number of halogens is 2. The summed E-state index contributed by atoms with van der Waals surface area (Å²) in [6.07, 6.45) is 0. The molecule has 2 aromatic carbocycles. The van der Waals surface area contributed by atoms with Crippen molar-refractivity contribution < 1.29 is 9.59 Å². The van der Waals surface area contributed by atoms with Gasteiger partial charge in [0.15, 0.2) is 0 Å². The number of benzene rings is 2. The van der Waals surface area contributed by atoms with Gasteiger partial charge < -0.3 is 25.8 Å². The van der Waals surface area contributed by atoms with Crippen molar-refractivity contribution in [3.63, 3.8) is 0 Å². The van der Waals surface area contributed by atoms with E-state index in [4.69, 9.17) is 0 Å². The predicted octanol–water partition coefficient (Wildman–Crippen LogP) is 4.43. The van der Waals surface area contributed by atoms with E-state index in [-0.39, 0.29) is 12.1 Å². The monoisotopic (exact) mass is 525 g/mol. The van der Waals surface area contributed by atoms with Crippen LogP contribution in [0.3, 0.4) is 0 Å². The summed E-state index contributed by atoms with van der Waals surface area (Å²) in [7, 11) is 3.91. The smallest absolute Gasteiger partial charge is 0.321 e. The maximum atomic E-state index is 12.7. The number of hydrogen-bond donors (Lipinski definition) is 3. The zero-order chi connectivity index (χ0) is 21.2. The van der Waals surface area contributed by atoms with Crippen molar-refractivity contribution in [1.29, 1.82) is 0 Å². The number of anilines is 2. The number of amides is 4. The molecule has 0 aliphatic carbocycles. The molecule has 0 unspecified atom stereocenters. The van der Waals surface area contributed by atoms with E-state index in [9.17, 15) is 9.59 Å². The zero-order valence-corrected chi connectivity index (χ0v) is 19.6. The van der Waals surface area contributed by atoms with E-state index in [0.29, 0.717) is 31.0 Å². The van der Waals surface area contributed by atoms with Crippen molar-refractivity contribution in [2.75, 3.05) is 50.9 Å². The molecule has 2 aromatic rings. The predicted molar refractivity (Wildman–Crippen MR) is 124 cm³/mol. The van der Waals surface area contributed by atoms with Gasteiger partial charge in [0, 0.05) is 46.5 Å². The molecule has 7 nitrogen and oxygen atoms in total. The molecule has 0 aromatic heterocycles. The lowest BCUT2D eigenvalue weighted by atomic mass is 10.3. The maximum absolute atomic E-state index is 12.7. The van der Waals surface area contributed by atoms with Crippen LogP contribution in [-0.2, 0) is 0 Å². The summed E-state index contributed by atoms with van der Waals surface area (Å²) in [5.74, 6) is 0. The van der Waals surface area contributed by atoms with E-state index in [1.54, 1.807) is 17.0 Å². The maximum Gasteiger partial charge on any atom is 0.321 e. The van der Waals surface area contributed by atoms with Crippen molar-refractivity contribution in [2.24, 2.45) is 0 Å². The molecular weight excluding hydrogens is 502 g/mol. The molecule has 0 heterocycles. The lowest BCUT2D eigenvalue weighted by Crippen LogP contribution is -2.44. The van der Waals surface area contributed by atoms with Gasteiger partial charge in [0.25, 0.3) is 0 Å². The van der Waals surface area contributed by atoms with Crippen LogP contribution in [0.15, 0.2) is 57.5 Å². The van der Waals surface area contributed by atoms with Crippen molar-refractivity contribution in [1.82, 2.24) is 15.1 Å². The second-order valence-corrected chi connectivity index (χ2v) is 8.45. The Balaban J connectivity index is 1.86. The molecule has 0 saturated heterocycles. The fraction of sp³-hybridized carbons (Fsp3) is 0.300. The van der Waals surface area contributed by atoms with Crippen LogP contribution >= 0.6 is 31.9 Å². The molecule has 0 atom stereocenters. The van der Waals surface area contributed by atoms with Crippen LogP contribution in [0, 0.1) is 0 Å². The SMILES string of the molecule is CN(C)CCN(CCNC(=O)Nc1ccc(Br)cc1)C(=O)Nc1ccc(Br)cc1. The Morgan fingerprint density at radius 1 is 0.793 bits per heavy atom. The van der Waals surface area contributed by atoms with Crippen molar-refractivity contribution in [3.05, 3.63) is 57.5 Å². The minimum atomic E-state index is -0.312. The molecular formula is C20H25Br2N5O2. The summed E-state index contributed by atoms with van der Waals surface area (Å²) in [5, 5.41) is 8.44. The first-order chi connectivity index (χ1) is 13.8. The molecule has 0 aliphatic heterocycles. The van der Waals surface area contributed by atoms with Crippen molar-refractivity contribution in [3.8, 4) is 0 Å². The molecule has 9 heteroatoms. The van der Waals surface area contributed by atoms with Gasteiger partial charge in [-0.05, 0) is 62.6 Å². The van der Waals surface area contributed by atoms with Gasteiger partial charge in [0.1, 0.15) is 0 Å². The molecule has 0 fully saturated rings. The first kappa shape index (κ1) is 23.2. The van der Waals surface area contributed by atoms with Crippen LogP contribution in [0.2, 0.25) is 0 Å². The summed E-state index contributed by atoms with van der Waals surface area (Å²) in [5.41, 5.74) is 1.41. The standard InChI is InChI=1S/C20H25Br2N5O2/c1-26(2)13-14-27(20(29)25-18-9-5-16(22)6-10-18)12-11-23-19(28)24-17-7-3-15(21)4-8-17/h3-10H,11-14H2,1-2H3,(H,25,29)(H2,23,24,28). The first-order valence-corrected chi connectivity index (χ1v) is 10.7. The Morgan fingerprint density at radius 3 is 1.83 bits per heavy atom. The summed E-state index contributed by atoms with van der Waals surface area (Å²) in [6, 6.07) is 14.2. The van der Waals surface area contributed by atoms with Crippen LogP contribution in [0.1, 0.15) is 0 Å². The Kier molecular flexibility index (Phi) is 9.43. The molecule has 2 rings (SSSR count). The number of nitrogens with one attached hydrogen (secondary N) is 3. The third kappa shape index (κ3) is 8.84. The summed E-state index contributed by atoms with van der Waals surface area (Å²) < 4.78 is 1.89. The second-order valence-electron chi connectivity index (χ2n) is 6.62. The van der Waals surface area contributed by atoms with Crippen molar-refractivity contribution in [2.45, 2.75) is 0 Å². The molecule has 0 spiro atoms. The molecule has 0 saturated carbocycles. The van der Waals surface area contributed by atoms with Crippen LogP contribution in [0.5, 0.6) is 0 Å². The van der Waals surface area contributed by atoms with Crippen molar-refractivity contribution >= 4 is 55.3 Å². The third-order valence-electron chi connectivity index (χ3n) is 3.97. The number of rotatable bonds is 8. The number of likely N-dealkylation sites (N-methyl/N-ethyl adjacent to an activating group) is 1. The number of urea groups is 2. The number of carbonyl (C=O) groups is 2. The van der Waals surface area contributed by atoms with Gasteiger partial charge in [0.2, 0.25) is 0 Å². The molecule has 0 aliphatic rings. The van der Waals surface area contributed by atoms with Gasteiger partial charge >= 0.3 is 12.1 Å². The van der Waals surface area contributed by atoms with E-state index < -0.39 is 0 Å². The van der Waals surface area contributed by atoms with E-state index in [1.165, 1.54) is 0 Å². The highest BCUT2D eigenvalue weighted by molar-refractivity contribution is 9.10. The molecule has 0 bridgehead atoms. The number of hydrogen-bond acceptors (Lipinski definition) is 3. The van der Waals surface area contributed by atoms with Crippen LogP contribution < -0.4 is 16.0 Å². The lowest BCUT2D eigenvalue weighted by molar-refractivity contribution is 0.204. The van der Waals surface area contributed by atoms with Gasteiger partial charge in [-0.25, -0.2) is 9.59 Å². The van der Waals surface area contributed by atoms with E-state index in [0.717, 1.165) is 15.5 Å². The first-order valence-electron chi connectivity index (χ1n) is 9.10. The Morgan fingerprint density at radius 2 is 1.31 bits per heavy atom. The Labute approximate surface area is 188 Å². The highest BCUT2D eigenvalue weighted by Gasteiger charge is 2.14. The van der Waals surface area contributed by atoms with Crippen LogP contribution in [0.25, 0.3) is 0 Å². The van der Waals surface area contributed by atoms with E-state index >= 15 is 0 Å². The van der Waals surface area contributed by atoms with Gasteiger partial charge in [-0.3, -0.25) is 0 Å². The summed E-state index contributed by atoms with van der Waals surface area (Å²) >= 11 is 6.74. The molecule has 29 heavy (non-hydrogen) atoms. The largest absolute Gasteiger partial charge is 0.336 e. The average molecular weight is 527 g/mol. The molecule has 156 valence electrons. The number of carbonyl (C=O) groups excluding carboxylic acids is 2. The van der Waals surface area contributed by atoms with Gasteiger partial charge in [-0.2, -0.15) is 0 Å². The molecule has 4 amide bonds. The summed E-state index contributed by atoms with van der Waals surface area (Å²) in [6.45, 7) is 2.00. The highest BCUT2D eigenvalue weighted by Crippen LogP contribution is 2.15. The van der Waals surface area contributed by atoms with Crippen LogP contribution in [-0.4, -0.2) is 62.1 Å².